The summed E-state index contributed by atoms with van der Waals surface area (Å²) in [5.74, 6) is -1.98. The second-order valence-corrected chi connectivity index (χ2v) is 4.66. The minimum Gasteiger partial charge on any atom is -0.321 e. The first kappa shape index (κ1) is 14.2. The Balaban J connectivity index is 2.03. The van der Waals surface area contributed by atoms with Crippen LogP contribution in [0, 0.1) is 11.6 Å². The van der Waals surface area contributed by atoms with Crippen molar-refractivity contribution in [2.75, 3.05) is 5.32 Å². The Bertz CT molecular complexity index is 578. The third-order valence-corrected chi connectivity index (χ3v) is 3.09. The third kappa shape index (κ3) is 3.41. The summed E-state index contributed by atoms with van der Waals surface area (Å²) in [5, 5.41) is 2.29. The van der Waals surface area contributed by atoms with Crippen molar-refractivity contribution in [3.63, 3.8) is 0 Å². The molecule has 0 saturated carbocycles. The van der Waals surface area contributed by atoms with Gasteiger partial charge in [0.05, 0.1) is 0 Å². The van der Waals surface area contributed by atoms with Crippen molar-refractivity contribution in [1.29, 1.82) is 0 Å². The molecule has 2 rings (SSSR count). The Kier molecular flexibility index (Phi) is 4.45. The molecule has 0 unspecified atom stereocenters. The summed E-state index contributed by atoms with van der Waals surface area (Å²) in [6.07, 6.45) is 0.164. The summed E-state index contributed by atoms with van der Waals surface area (Å²) in [6.45, 7) is 1.90. The molecule has 0 radical (unpaired) electrons. The van der Waals surface area contributed by atoms with Gasteiger partial charge in [0, 0.05) is 6.42 Å². The molecular formula is C16H15F2NO. The highest BCUT2D eigenvalue weighted by Crippen LogP contribution is 2.22. The van der Waals surface area contributed by atoms with Crippen LogP contribution in [0.15, 0.2) is 48.5 Å². The van der Waals surface area contributed by atoms with E-state index in [4.69, 9.17) is 0 Å². The molecule has 0 saturated heterocycles. The predicted molar refractivity (Wildman–Crippen MR) is 74.5 cm³/mol. The number of carbonyl (C=O) groups excluding carboxylic acids is 1. The maximum Gasteiger partial charge on any atom is 0.225 e. The average Bonchev–Trinajstić information content (AvgIpc) is 2.44. The zero-order valence-electron chi connectivity index (χ0n) is 11.1. The number of hydrogen-bond donors (Lipinski definition) is 1. The normalized spacial score (nSPS) is 11.9. The Labute approximate surface area is 116 Å². The molecule has 104 valence electrons. The lowest BCUT2D eigenvalue weighted by Crippen LogP contribution is -2.16. The van der Waals surface area contributed by atoms with Crippen LogP contribution in [0.4, 0.5) is 14.5 Å². The van der Waals surface area contributed by atoms with Gasteiger partial charge in [0.1, 0.15) is 17.3 Å². The van der Waals surface area contributed by atoms with Crippen LogP contribution in [0.2, 0.25) is 0 Å². The highest BCUT2D eigenvalue weighted by molar-refractivity contribution is 5.91. The molecule has 0 heterocycles. The van der Waals surface area contributed by atoms with Gasteiger partial charge in [0.15, 0.2) is 0 Å². The van der Waals surface area contributed by atoms with E-state index in [2.05, 4.69) is 5.32 Å². The summed E-state index contributed by atoms with van der Waals surface area (Å²) in [7, 11) is 0. The van der Waals surface area contributed by atoms with Crippen molar-refractivity contribution >= 4 is 11.6 Å². The molecule has 1 atom stereocenters. The van der Waals surface area contributed by atoms with Crippen LogP contribution in [-0.2, 0) is 4.79 Å². The molecule has 1 amide bonds. The molecule has 0 aliphatic rings. The molecule has 0 aliphatic heterocycles. The maximum atomic E-state index is 13.4. The van der Waals surface area contributed by atoms with E-state index < -0.39 is 23.2 Å². The SMILES string of the molecule is C[C@H](CC(=O)Nc1c(F)cccc1F)c1ccccc1. The van der Waals surface area contributed by atoms with E-state index in [0.717, 1.165) is 17.7 Å². The average molecular weight is 275 g/mol. The number of amides is 1. The second-order valence-electron chi connectivity index (χ2n) is 4.66. The Morgan fingerprint density at radius 2 is 1.65 bits per heavy atom. The maximum absolute atomic E-state index is 13.4. The van der Waals surface area contributed by atoms with Gasteiger partial charge in [-0.1, -0.05) is 43.3 Å². The molecule has 2 aromatic rings. The number of benzene rings is 2. The molecule has 4 heteroatoms. The number of para-hydroxylation sites is 1. The van der Waals surface area contributed by atoms with E-state index in [1.807, 2.05) is 37.3 Å². The summed E-state index contributed by atoms with van der Waals surface area (Å²) in [5.41, 5.74) is 0.620. The van der Waals surface area contributed by atoms with Gasteiger partial charge in [-0.3, -0.25) is 4.79 Å². The van der Waals surface area contributed by atoms with Crippen LogP contribution >= 0.6 is 0 Å². The molecule has 0 spiro atoms. The van der Waals surface area contributed by atoms with Gasteiger partial charge in [-0.2, -0.15) is 0 Å². The largest absolute Gasteiger partial charge is 0.321 e. The van der Waals surface area contributed by atoms with E-state index in [1.54, 1.807) is 0 Å². The zero-order chi connectivity index (χ0) is 14.5. The highest BCUT2D eigenvalue weighted by Gasteiger charge is 2.15. The minimum atomic E-state index is -0.772. The first-order valence-corrected chi connectivity index (χ1v) is 6.36. The lowest BCUT2D eigenvalue weighted by molar-refractivity contribution is -0.116. The molecule has 2 nitrogen and oxygen atoms in total. The van der Waals surface area contributed by atoms with Gasteiger partial charge in [0.25, 0.3) is 0 Å². The van der Waals surface area contributed by atoms with Gasteiger partial charge in [-0.25, -0.2) is 8.78 Å². The fourth-order valence-corrected chi connectivity index (χ4v) is 1.99. The summed E-state index contributed by atoms with van der Waals surface area (Å²) < 4.78 is 26.8. The van der Waals surface area contributed by atoms with Gasteiger partial charge in [-0.05, 0) is 23.6 Å². The van der Waals surface area contributed by atoms with E-state index in [9.17, 15) is 13.6 Å². The van der Waals surface area contributed by atoms with Crippen molar-refractivity contribution in [1.82, 2.24) is 0 Å². The molecular weight excluding hydrogens is 260 g/mol. The van der Waals surface area contributed by atoms with Crippen molar-refractivity contribution in [3.8, 4) is 0 Å². The Hall–Kier alpha value is -2.23. The van der Waals surface area contributed by atoms with E-state index >= 15 is 0 Å². The minimum absolute atomic E-state index is 0.0222. The Morgan fingerprint density at radius 3 is 2.25 bits per heavy atom. The number of rotatable bonds is 4. The lowest BCUT2D eigenvalue weighted by Gasteiger charge is -2.12. The lowest BCUT2D eigenvalue weighted by atomic mass is 9.97. The van der Waals surface area contributed by atoms with E-state index in [1.165, 1.54) is 6.07 Å². The van der Waals surface area contributed by atoms with Gasteiger partial charge in [0.2, 0.25) is 5.91 Å². The van der Waals surface area contributed by atoms with Crippen LogP contribution in [0.5, 0.6) is 0 Å². The number of halogens is 2. The van der Waals surface area contributed by atoms with Crippen molar-refractivity contribution in [2.24, 2.45) is 0 Å². The summed E-state index contributed by atoms with van der Waals surface area (Å²) in [4.78, 5) is 11.9. The highest BCUT2D eigenvalue weighted by atomic mass is 19.1. The summed E-state index contributed by atoms with van der Waals surface area (Å²) in [6, 6.07) is 13.0. The fraction of sp³-hybridized carbons (Fsp3) is 0.188. The van der Waals surface area contributed by atoms with Crippen molar-refractivity contribution < 1.29 is 13.6 Å². The van der Waals surface area contributed by atoms with Crippen LogP contribution < -0.4 is 5.32 Å². The molecule has 0 fully saturated rings. The molecule has 1 N–H and O–H groups in total. The number of nitrogens with one attached hydrogen (secondary N) is 1. The van der Waals surface area contributed by atoms with Gasteiger partial charge < -0.3 is 5.32 Å². The molecule has 0 aliphatic carbocycles. The van der Waals surface area contributed by atoms with Crippen LogP contribution in [0.3, 0.4) is 0 Å². The van der Waals surface area contributed by atoms with Crippen LogP contribution in [0.25, 0.3) is 0 Å². The Morgan fingerprint density at radius 1 is 1.05 bits per heavy atom. The zero-order valence-corrected chi connectivity index (χ0v) is 11.1. The monoisotopic (exact) mass is 275 g/mol. The molecule has 0 aromatic heterocycles. The van der Waals surface area contributed by atoms with Gasteiger partial charge >= 0.3 is 0 Å². The number of carbonyl (C=O) groups is 1. The van der Waals surface area contributed by atoms with E-state index in [-0.39, 0.29) is 12.3 Å². The topological polar surface area (TPSA) is 29.1 Å². The second kappa shape index (κ2) is 6.28. The first-order chi connectivity index (χ1) is 9.58. The fourth-order valence-electron chi connectivity index (χ4n) is 1.99. The van der Waals surface area contributed by atoms with Crippen molar-refractivity contribution in [3.05, 3.63) is 65.7 Å². The molecule has 0 bridgehead atoms. The smallest absolute Gasteiger partial charge is 0.225 e. The third-order valence-electron chi connectivity index (χ3n) is 3.09. The standard InChI is InChI=1S/C16H15F2NO/c1-11(12-6-3-2-4-7-12)10-15(20)19-16-13(17)8-5-9-14(16)18/h2-9,11H,10H2,1H3,(H,19,20)/t11-/m1/s1. The molecule has 20 heavy (non-hydrogen) atoms. The van der Waals surface area contributed by atoms with Crippen LogP contribution in [0.1, 0.15) is 24.8 Å². The number of anilines is 1. The van der Waals surface area contributed by atoms with Gasteiger partial charge in [-0.15, -0.1) is 0 Å². The summed E-state index contributed by atoms with van der Waals surface area (Å²) >= 11 is 0. The number of hydrogen-bond acceptors (Lipinski definition) is 1. The predicted octanol–water partition coefficient (Wildman–Crippen LogP) is 4.10. The van der Waals surface area contributed by atoms with Crippen LogP contribution in [-0.4, -0.2) is 5.91 Å². The van der Waals surface area contributed by atoms with Crippen molar-refractivity contribution in [2.45, 2.75) is 19.3 Å². The quantitative estimate of drug-likeness (QED) is 0.894. The molecule has 2 aromatic carbocycles. The first-order valence-electron chi connectivity index (χ1n) is 6.36. The van der Waals surface area contributed by atoms with E-state index in [0.29, 0.717) is 0 Å².